The second-order valence-electron chi connectivity index (χ2n) is 5.26. The molecule has 0 aliphatic carbocycles. The molecule has 0 saturated carbocycles. The van der Waals surface area contributed by atoms with Gasteiger partial charge in [0.25, 0.3) is 5.69 Å². The standard InChI is InChI=1S/C17H16BrClN4O3S/c1-2-20-17(27)22-21-9-12-7-14(18)16(15(19)8-12)26-10-11-3-5-13(6-4-11)23(24)25/h3-9H,2,10H2,1H3,(H2,20,22,27)/b21-9-. The van der Waals surface area contributed by atoms with Gasteiger partial charge in [0.2, 0.25) is 0 Å². The van der Waals surface area contributed by atoms with Gasteiger partial charge >= 0.3 is 0 Å². The molecule has 2 aromatic carbocycles. The van der Waals surface area contributed by atoms with E-state index >= 15 is 0 Å². The quantitative estimate of drug-likeness (QED) is 0.269. The lowest BCUT2D eigenvalue weighted by Gasteiger charge is -2.11. The molecule has 2 N–H and O–H groups in total. The van der Waals surface area contributed by atoms with Crippen molar-refractivity contribution in [2.75, 3.05) is 6.54 Å². The van der Waals surface area contributed by atoms with Crippen LogP contribution >= 0.6 is 39.7 Å². The Hall–Kier alpha value is -2.23. The maximum absolute atomic E-state index is 10.7. The van der Waals surface area contributed by atoms with E-state index in [0.29, 0.717) is 26.9 Å². The number of nitrogens with one attached hydrogen (secondary N) is 2. The third-order valence-electron chi connectivity index (χ3n) is 3.27. The van der Waals surface area contributed by atoms with Crippen molar-refractivity contribution in [3.05, 3.63) is 67.1 Å². The summed E-state index contributed by atoms with van der Waals surface area (Å²) in [7, 11) is 0. The zero-order valence-corrected chi connectivity index (χ0v) is 17.4. The first-order valence-electron chi connectivity index (χ1n) is 7.82. The van der Waals surface area contributed by atoms with E-state index < -0.39 is 4.92 Å². The summed E-state index contributed by atoms with van der Waals surface area (Å²) in [5.74, 6) is 0.475. The van der Waals surface area contributed by atoms with Crippen LogP contribution in [0.1, 0.15) is 18.1 Å². The van der Waals surface area contributed by atoms with Crippen molar-refractivity contribution >= 4 is 56.8 Å². The van der Waals surface area contributed by atoms with Crippen molar-refractivity contribution in [3.63, 3.8) is 0 Å². The summed E-state index contributed by atoms with van der Waals surface area (Å²) in [5.41, 5.74) is 4.27. The van der Waals surface area contributed by atoms with Crippen molar-refractivity contribution in [1.82, 2.24) is 10.7 Å². The fourth-order valence-corrected chi connectivity index (χ4v) is 3.21. The highest BCUT2D eigenvalue weighted by Gasteiger charge is 2.10. The second-order valence-corrected chi connectivity index (χ2v) is 6.93. The van der Waals surface area contributed by atoms with Gasteiger partial charge in [-0.05, 0) is 70.5 Å². The zero-order chi connectivity index (χ0) is 19.8. The van der Waals surface area contributed by atoms with Crippen molar-refractivity contribution in [1.29, 1.82) is 0 Å². The Balaban J connectivity index is 2.02. The lowest BCUT2D eigenvalue weighted by Crippen LogP contribution is -2.31. The molecule has 0 radical (unpaired) electrons. The molecule has 0 aromatic heterocycles. The molecule has 0 unspecified atom stereocenters. The fourth-order valence-electron chi connectivity index (χ4n) is 2.03. The largest absolute Gasteiger partial charge is 0.486 e. The SMILES string of the molecule is CCNC(=S)N/N=C\c1cc(Cl)c(OCc2ccc([N+](=O)[O-])cc2)c(Br)c1. The normalized spacial score (nSPS) is 10.6. The van der Waals surface area contributed by atoms with Crippen LogP contribution < -0.4 is 15.5 Å². The predicted octanol–water partition coefficient (Wildman–Crippen LogP) is 4.41. The van der Waals surface area contributed by atoms with Crippen molar-refractivity contribution in [3.8, 4) is 5.75 Å². The Labute approximate surface area is 175 Å². The number of non-ortho nitro benzene ring substituents is 1. The van der Waals surface area contributed by atoms with E-state index in [-0.39, 0.29) is 12.3 Å². The first kappa shape index (κ1) is 21.1. The minimum atomic E-state index is -0.446. The number of thiocarbonyl (C=S) groups is 1. The third kappa shape index (κ3) is 6.46. The van der Waals surface area contributed by atoms with Gasteiger partial charge in [-0.15, -0.1) is 0 Å². The predicted molar refractivity (Wildman–Crippen MR) is 114 cm³/mol. The summed E-state index contributed by atoms with van der Waals surface area (Å²) in [6, 6.07) is 9.65. The molecule has 0 bridgehead atoms. The van der Waals surface area contributed by atoms with Crippen molar-refractivity contribution in [2.45, 2.75) is 13.5 Å². The van der Waals surface area contributed by atoms with Gasteiger partial charge in [-0.1, -0.05) is 11.6 Å². The molecule has 0 atom stereocenters. The zero-order valence-electron chi connectivity index (χ0n) is 14.2. The number of ether oxygens (including phenoxy) is 1. The van der Waals surface area contributed by atoms with E-state index in [1.54, 1.807) is 30.5 Å². The lowest BCUT2D eigenvalue weighted by atomic mass is 10.2. The molecule has 0 heterocycles. The average Bonchev–Trinajstić information content (AvgIpc) is 2.61. The minimum Gasteiger partial charge on any atom is -0.486 e. The van der Waals surface area contributed by atoms with Crippen LogP contribution in [0.3, 0.4) is 0 Å². The Kier molecular flexibility index (Phi) is 7.96. The highest BCUT2D eigenvalue weighted by atomic mass is 79.9. The molecule has 0 fully saturated rings. The van der Waals surface area contributed by atoms with Crippen molar-refractivity contribution in [2.24, 2.45) is 5.10 Å². The highest BCUT2D eigenvalue weighted by Crippen LogP contribution is 2.34. The van der Waals surface area contributed by atoms with Gasteiger partial charge in [0.05, 0.1) is 20.6 Å². The van der Waals surface area contributed by atoms with Crippen LogP contribution in [-0.2, 0) is 6.61 Å². The molecule has 2 aromatic rings. The fraction of sp³-hybridized carbons (Fsp3) is 0.176. The number of nitro benzene ring substituents is 1. The number of nitro groups is 1. The van der Waals surface area contributed by atoms with Crippen LogP contribution in [0.2, 0.25) is 5.02 Å². The number of hydrogen-bond donors (Lipinski definition) is 2. The summed E-state index contributed by atoms with van der Waals surface area (Å²) in [6.45, 7) is 2.87. The third-order valence-corrected chi connectivity index (χ3v) is 4.37. The van der Waals surface area contributed by atoms with E-state index in [1.807, 2.05) is 6.92 Å². The van der Waals surface area contributed by atoms with Crippen LogP contribution in [0, 0.1) is 10.1 Å². The summed E-state index contributed by atoms with van der Waals surface area (Å²) < 4.78 is 6.40. The molecule has 27 heavy (non-hydrogen) atoms. The Bertz CT molecular complexity index is 839. The lowest BCUT2D eigenvalue weighted by molar-refractivity contribution is -0.384. The van der Waals surface area contributed by atoms with E-state index in [1.165, 1.54) is 12.1 Å². The number of halogens is 2. The molecule has 2 rings (SSSR count). The topological polar surface area (TPSA) is 88.8 Å². The molecule has 10 heteroatoms. The van der Waals surface area contributed by atoms with Gasteiger partial charge < -0.3 is 10.1 Å². The maximum atomic E-state index is 10.7. The Morgan fingerprint density at radius 2 is 2.11 bits per heavy atom. The number of benzene rings is 2. The minimum absolute atomic E-state index is 0.0313. The van der Waals surface area contributed by atoms with Crippen LogP contribution in [0.15, 0.2) is 46.0 Å². The van der Waals surface area contributed by atoms with Crippen molar-refractivity contribution < 1.29 is 9.66 Å². The Morgan fingerprint density at radius 3 is 2.70 bits per heavy atom. The Morgan fingerprint density at radius 1 is 1.41 bits per heavy atom. The van der Waals surface area contributed by atoms with E-state index in [9.17, 15) is 10.1 Å². The molecule has 0 aliphatic heterocycles. The molecule has 7 nitrogen and oxygen atoms in total. The highest BCUT2D eigenvalue weighted by molar-refractivity contribution is 9.10. The van der Waals surface area contributed by atoms with Crippen LogP contribution in [0.4, 0.5) is 5.69 Å². The summed E-state index contributed by atoms with van der Waals surface area (Å²) in [6.07, 6.45) is 1.58. The second kappa shape index (κ2) is 10.2. The first-order chi connectivity index (χ1) is 12.9. The molecule has 142 valence electrons. The number of rotatable bonds is 7. The van der Waals surface area contributed by atoms with E-state index in [4.69, 9.17) is 28.6 Å². The number of nitrogens with zero attached hydrogens (tertiary/aromatic N) is 2. The average molecular weight is 472 g/mol. The first-order valence-corrected chi connectivity index (χ1v) is 9.40. The molecule has 0 spiro atoms. The molecular weight excluding hydrogens is 456 g/mol. The van der Waals surface area contributed by atoms with Gasteiger partial charge in [0.15, 0.2) is 10.9 Å². The number of hydrogen-bond acceptors (Lipinski definition) is 5. The maximum Gasteiger partial charge on any atom is 0.269 e. The van der Waals surface area contributed by atoms with E-state index in [0.717, 1.165) is 11.1 Å². The van der Waals surface area contributed by atoms with E-state index in [2.05, 4.69) is 31.8 Å². The van der Waals surface area contributed by atoms with Gasteiger partial charge in [-0.25, -0.2) is 0 Å². The van der Waals surface area contributed by atoms with Gasteiger partial charge in [-0.2, -0.15) is 5.10 Å². The monoisotopic (exact) mass is 470 g/mol. The number of hydrazone groups is 1. The molecular formula is C17H16BrClN4O3S. The molecule has 0 aliphatic rings. The summed E-state index contributed by atoms with van der Waals surface area (Å²) >= 11 is 14.7. The summed E-state index contributed by atoms with van der Waals surface area (Å²) in [4.78, 5) is 10.2. The smallest absolute Gasteiger partial charge is 0.269 e. The molecule has 0 amide bonds. The van der Waals surface area contributed by atoms with Gasteiger partial charge in [-0.3, -0.25) is 15.5 Å². The summed E-state index contributed by atoms with van der Waals surface area (Å²) in [5, 5.41) is 18.5. The van der Waals surface area contributed by atoms with Crippen LogP contribution in [-0.4, -0.2) is 22.8 Å². The van der Waals surface area contributed by atoms with Gasteiger partial charge in [0.1, 0.15) is 6.61 Å². The van der Waals surface area contributed by atoms with Crippen LogP contribution in [0.5, 0.6) is 5.75 Å². The van der Waals surface area contributed by atoms with Gasteiger partial charge in [0, 0.05) is 18.7 Å². The van der Waals surface area contributed by atoms with Crippen LogP contribution in [0.25, 0.3) is 0 Å². The molecule has 0 saturated heterocycles.